The topological polar surface area (TPSA) is 92.4 Å². The van der Waals surface area contributed by atoms with Gasteiger partial charge in [-0.2, -0.15) is 13.2 Å². The number of nitrogens with one attached hydrogen (secondary N) is 1. The van der Waals surface area contributed by atoms with Crippen molar-refractivity contribution in [1.29, 1.82) is 0 Å². The third-order valence-corrected chi connectivity index (χ3v) is 2.63. The number of hydrogen-bond donors (Lipinski definition) is 3. The van der Waals surface area contributed by atoms with Crippen LogP contribution in [0.1, 0.15) is 17.3 Å². The van der Waals surface area contributed by atoms with Gasteiger partial charge < -0.3 is 16.2 Å². The average molecular weight is 294 g/mol. The first-order chi connectivity index (χ1) is 8.99. The van der Waals surface area contributed by atoms with Gasteiger partial charge in [0.25, 0.3) is 5.91 Å². The van der Waals surface area contributed by atoms with E-state index in [4.69, 9.17) is 10.8 Å². The highest BCUT2D eigenvalue weighted by Gasteiger charge is 2.57. The van der Waals surface area contributed by atoms with Gasteiger partial charge in [0.15, 0.2) is 0 Å². The molecule has 0 aliphatic heterocycles. The Kier molecular flexibility index (Phi) is 3.92. The number of benzene rings is 1. The molecule has 20 heavy (non-hydrogen) atoms. The van der Waals surface area contributed by atoms with Crippen molar-refractivity contribution in [3.63, 3.8) is 0 Å². The van der Waals surface area contributed by atoms with Gasteiger partial charge in [0.2, 0.25) is 5.54 Å². The first-order valence-corrected chi connectivity index (χ1v) is 5.16. The van der Waals surface area contributed by atoms with E-state index in [1.165, 1.54) is 0 Å². The Morgan fingerprint density at radius 3 is 2.25 bits per heavy atom. The molecule has 1 amide bonds. The minimum absolute atomic E-state index is 0.378. The predicted octanol–water partition coefficient (Wildman–Crippen LogP) is 1.74. The molecule has 0 spiro atoms. The van der Waals surface area contributed by atoms with Gasteiger partial charge in [-0.05, 0) is 25.1 Å². The van der Waals surface area contributed by atoms with Crippen molar-refractivity contribution in [3.05, 3.63) is 29.6 Å². The highest BCUT2D eigenvalue weighted by Crippen LogP contribution is 2.34. The molecule has 4 N–H and O–H groups in total. The number of alkyl halides is 3. The van der Waals surface area contributed by atoms with Crippen LogP contribution in [0.3, 0.4) is 0 Å². The van der Waals surface area contributed by atoms with E-state index in [0.717, 1.165) is 12.1 Å². The lowest BCUT2D eigenvalue weighted by Crippen LogP contribution is -2.55. The molecule has 0 aromatic heterocycles. The monoisotopic (exact) mass is 294 g/mol. The van der Waals surface area contributed by atoms with Crippen LogP contribution in [-0.4, -0.2) is 28.7 Å². The third-order valence-electron chi connectivity index (χ3n) is 2.63. The lowest BCUT2D eigenvalue weighted by Gasteiger charge is -2.30. The lowest BCUT2D eigenvalue weighted by atomic mass is 10.00. The van der Waals surface area contributed by atoms with Crippen molar-refractivity contribution in [2.45, 2.75) is 18.6 Å². The Labute approximate surface area is 110 Å². The second-order valence-corrected chi connectivity index (χ2v) is 4.11. The van der Waals surface area contributed by atoms with E-state index >= 15 is 0 Å². The molecule has 9 heteroatoms. The first kappa shape index (κ1) is 15.7. The second kappa shape index (κ2) is 4.99. The second-order valence-electron chi connectivity index (χ2n) is 4.11. The van der Waals surface area contributed by atoms with Crippen LogP contribution in [0.15, 0.2) is 18.2 Å². The van der Waals surface area contributed by atoms with Gasteiger partial charge in [-0.1, -0.05) is 0 Å². The number of carbonyl (C=O) groups excluding carboxylic acids is 1. The zero-order valence-electron chi connectivity index (χ0n) is 10.1. The summed E-state index contributed by atoms with van der Waals surface area (Å²) in [5.41, 5.74) is 0.453. The summed E-state index contributed by atoms with van der Waals surface area (Å²) in [7, 11) is 0. The van der Waals surface area contributed by atoms with Crippen LogP contribution >= 0.6 is 0 Å². The fourth-order valence-electron chi connectivity index (χ4n) is 1.34. The van der Waals surface area contributed by atoms with Crippen LogP contribution in [0, 0.1) is 5.82 Å². The maximum Gasteiger partial charge on any atom is 0.422 e. The smallest absolute Gasteiger partial charge is 0.422 e. The lowest BCUT2D eigenvalue weighted by molar-refractivity contribution is -0.192. The zero-order chi connectivity index (χ0) is 15.7. The van der Waals surface area contributed by atoms with Crippen LogP contribution < -0.4 is 11.1 Å². The molecule has 1 rings (SSSR count). The molecular formula is C11H10F4N2O3. The van der Waals surface area contributed by atoms with Gasteiger partial charge in [0, 0.05) is 5.69 Å². The number of amides is 1. The van der Waals surface area contributed by atoms with Gasteiger partial charge in [-0.25, -0.2) is 9.18 Å². The molecule has 110 valence electrons. The third kappa shape index (κ3) is 2.81. The fourth-order valence-corrected chi connectivity index (χ4v) is 1.34. The molecule has 5 nitrogen and oxygen atoms in total. The fraction of sp³-hybridized carbons (Fsp3) is 0.273. The maximum atomic E-state index is 13.0. The van der Waals surface area contributed by atoms with Gasteiger partial charge in [0.05, 0.1) is 5.56 Å². The van der Waals surface area contributed by atoms with E-state index < -0.39 is 40.7 Å². The zero-order valence-corrected chi connectivity index (χ0v) is 10.1. The molecule has 1 unspecified atom stereocenters. The van der Waals surface area contributed by atoms with E-state index in [1.54, 1.807) is 5.32 Å². The van der Waals surface area contributed by atoms with E-state index in [2.05, 4.69) is 0 Å². The van der Waals surface area contributed by atoms with Gasteiger partial charge in [0.1, 0.15) is 5.82 Å². The largest absolute Gasteiger partial charge is 0.479 e. The van der Waals surface area contributed by atoms with E-state index in [1.807, 2.05) is 0 Å². The number of carbonyl (C=O) groups is 2. The number of primary amides is 1. The van der Waals surface area contributed by atoms with Crippen molar-refractivity contribution in [2.24, 2.45) is 5.73 Å². The van der Waals surface area contributed by atoms with Gasteiger partial charge in [-0.3, -0.25) is 4.79 Å². The molecule has 1 atom stereocenters. The number of hydrogen-bond acceptors (Lipinski definition) is 3. The van der Waals surface area contributed by atoms with Crippen molar-refractivity contribution in [3.8, 4) is 0 Å². The summed E-state index contributed by atoms with van der Waals surface area (Å²) in [6.07, 6.45) is -5.15. The average Bonchev–Trinajstić information content (AvgIpc) is 2.29. The summed E-state index contributed by atoms with van der Waals surface area (Å²) in [5.74, 6) is -4.29. The molecule has 0 radical (unpaired) electrons. The molecular weight excluding hydrogens is 284 g/mol. The normalized spacial score (nSPS) is 14.4. The van der Waals surface area contributed by atoms with Crippen molar-refractivity contribution in [2.75, 3.05) is 5.32 Å². The maximum absolute atomic E-state index is 13.0. The van der Waals surface area contributed by atoms with Crippen LogP contribution in [0.2, 0.25) is 0 Å². The molecule has 1 aromatic rings. The molecule has 0 saturated heterocycles. The number of nitrogens with two attached hydrogens (primary N) is 1. The highest BCUT2D eigenvalue weighted by molar-refractivity contribution is 5.99. The van der Waals surface area contributed by atoms with Crippen LogP contribution in [0.4, 0.5) is 23.2 Å². The molecule has 0 heterocycles. The summed E-state index contributed by atoms with van der Waals surface area (Å²) >= 11 is 0. The van der Waals surface area contributed by atoms with E-state index in [-0.39, 0.29) is 0 Å². The highest BCUT2D eigenvalue weighted by atomic mass is 19.4. The number of anilines is 1. The summed E-state index contributed by atoms with van der Waals surface area (Å²) < 4.78 is 51.4. The van der Waals surface area contributed by atoms with Crippen LogP contribution in [0.5, 0.6) is 0 Å². The van der Waals surface area contributed by atoms with E-state index in [9.17, 15) is 27.2 Å². The number of carboxylic acids is 1. The molecule has 1 aromatic carbocycles. The first-order valence-electron chi connectivity index (χ1n) is 5.16. The van der Waals surface area contributed by atoms with Crippen molar-refractivity contribution in [1.82, 2.24) is 0 Å². The molecule has 0 aliphatic carbocycles. The Bertz CT molecular complexity index is 559. The Balaban J connectivity index is 3.33. The molecule has 0 saturated carbocycles. The minimum Gasteiger partial charge on any atom is -0.479 e. The summed E-state index contributed by atoms with van der Waals surface area (Å²) in [5, 5.41) is 10.4. The Morgan fingerprint density at radius 1 is 1.30 bits per heavy atom. The Hall–Kier alpha value is -2.32. The quantitative estimate of drug-likeness (QED) is 0.737. The summed E-state index contributed by atoms with van der Waals surface area (Å²) in [6.45, 7) is 0.378. The predicted molar refractivity (Wildman–Crippen MR) is 60.6 cm³/mol. The molecule has 0 fully saturated rings. The number of aliphatic carboxylic acids is 1. The number of halogens is 4. The van der Waals surface area contributed by atoms with E-state index in [0.29, 0.717) is 13.0 Å². The summed E-state index contributed by atoms with van der Waals surface area (Å²) in [6, 6.07) is 2.19. The number of carboxylic acid groups (broad SMARTS) is 1. The molecule has 0 aliphatic rings. The van der Waals surface area contributed by atoms with Crippen molar-refractivity contribution < 1.29 is 32.3 Å². The van der Waals surface area contributed by atoms with Crippen molar-refractivity contribution >= 4 is 17.6 Å². The SMILES string of the molecule is CC(Nc1ccc(F)cc1C(N)=O)(C(=O)O)C(F)(F)F. The standard InChI is InChI=1S/C11H10F4N2O3/c1-10(9(19)20,11(13,14)15)17-7-3-2-5(12)4-6(7)8(16)18/h2-4,17H,1H3,(H2,16,18)(H,19,20). The number of rotatable bonds is 4. The van der Waals surface area contributed by atoms with Gasteiger partial charge >= 0.3 is 12.1 Å². The van der Waals surface area contributed by atoms with Crippen LogP contribution in [0.25, 0.3) is 0 Å². The van der Waals surface area contributed by atoms with Crippen LogP contribution in [-0.2, 0) is 4.79 Å². The minimum atomic E-state index is -5.15. The molecule has 0 bridgehead atoms. The van der Waals surface area contributed by atoms with Gasteiger partial charge in [-0.15, -0.1) is 0 Å². The Morgan fingerprint density at radius 2 is 1.85 bits per heavy atom. The summed E-state index contributed by atoms with van der Waals surface area (Å²) in [4.78, 5) is 21.9.